The summed E-state index contributed by atoms with van der Waals surface area (Å²) in [6, 6.07) is 9.02. The average molecular weight is 257 g/mol. The third kappa shape index (κ3) is 3.08. The van der Waals surface area contributed by atoms with Crippen LogP contribution in [0, 0.1) is 18.3 Å². The van der Waals surface area contributed by atoms with Crippen LogP contribution in [0.4, 0.5) is 5.69 Å². The Hall–Kier alpha value is -1.53. The molecule has 102 valence electrons. The molecule has 19 heavy (non-hydrogen) atoms. The molecule has 1 heterocycles. The second kappa shape index (κ2) is 6.08. The predicted molar refractivity (Wildman–Crippen MR) is 79.4 cm³/mol. The highest BCUT2D eigenvalue weighted by Gasteiger charge is 2.22. The molecule has 0 amide bonds. The maximum absolute atomic E-state index is 9.03. The molecule has 1 aromatic rings. The number of benzene rings is 1. The van der Waals surface area contributed by atoms with E-state index in [1.54, 1.807) is 0 Å². The van der Waals surface area contributed by atoms with E-state index in [9.17, 15) is 0 Å². The van der Waals surface area contributed by atoms with Crippen LogP contribution in [0.2, 0.25) is 0 Å². The number of hydrogen-bond donors (Lipinski definition) is 0. The van der Waals surface area contributed by atoms with Crippen LogP contribution in [0.5, 0.6) is 0 Å². The van der Waals surface area contributed by atoms with Crippen molar-refractivity contribution in [3.63, 3.8) is 0 Å². The zero-order valence-electron chi connectivity index (χ0n) is 12.2. The molecule has 3 heteroatoms. The van der Waals surface area contributed by atoms with Crippen molar-refractivity contribution >= 4 is 5.69 Å². The molecule has 1 unspecified atom stereocenters. The molecule has 1 fully saturated rings. The fraction of sp³-hybridized carbons (Fsp3) is 0.562. The number of nitriles is 1. The smallest absolute Gasteiger partial charge is 0.0994 e. The lowest BCUT2D eigenvalue weighted by Gasteiger charge is -2.32. The zero-order valence-corrected chi connectivity index (χ0v) is 12.2. The summed E-state index contributed by atoms with van der Waals surface area (Å²) in [7, 11) is 2.20. The van der Waals surface area contributed by atoms with E-state index in [1.807, 2.05) is 13.0 Å². The van der Waals surface area contributed by atoms with Gasteiger partial charge in [0, 0.05) is 24.8 Å². The molecule has 1 atom stereocenters. The van der Waals surface area contributed by atoms with Crippen LogP contribution in [-0.4, -0.2) is 37.6 Å². The largest absolute Gasteiger partial charge is 0.367 e. The Bertz CT molecular complexity index is 475. The molecule has 0 N–H and O–H groups in total. The van der Waals surface area contributed by atoms with E-state index < -0.39 is 0 Å². The molecule has 0 spiro atoms. The van der Waals surface area contributed by atoms with Gasteiger partial charge in [0.1, 0.15) is 0 Å². The van der Waals surface area contributed by atoms with Gasteiger partial charge in [0.25, 0.3) is 0 Å². The van der Waals surface area contributed by atoms with Crippen molar-refractivity contribution < 1.29 is 0 Å². The highest BCUT2D eigenvalue weighted by molar-refractivity contribution is 5.54. The Kier molecular flexibility index (Phi) is 4.44. The normalized spacial score (nSPS) is 20.9. The lowest BCUT2D eigenvalue weighted by atomic mass is 10.1. The van der Waals surface area contributed by atoms with E-state index in [-0.39, 0.29) is 0 Å². The quantitative estimate of drug-likeness (QED) is 0.816. The SMILES string of the molecule is CCC1CN(C)CCCN1c1ccc(C#N)c(C)c1. The van der Waals surface area contributed by atoms with Crippen LogP contribution in [-0.2, 0) is 0 Å². The van der Waals surface area contributed by atoms with Gasteiger partial charge in [-0.1, -0.05) is 6.92 Å². The van der Waals surface area contributed by atoms with Gasteiger partial charge < -0.3 is 9.80 Å². The van der Waals surface area contributed by atoms with Gasteiger partial charge in [-0.05, 0) is 57.1 Å². The molecule has 2 rings (SSSR count). The fourth-order valence-electron chi connectivity index (χ4n) is 2.88. The Balaban J connectivity index is 2.28. The number of likely N-dealkylation sites (N-methyl/N-ethyl adjacent to an activating group) is 1. The van der Waals surface area contributed by atoms with E-state index >= 15 is 0 Å². The van der Waals surface area contributed by atoms with Crippen molar-refractivity contribution in [3.8, 4) is 6.07 Å². The third-order valence-electron chi connectivity index (χ3n) is 4.04. The molecule has 0 aliphatic carbocycles. The van der Waals surface area contributed by atoms with Crippen molar-refractivity contribution in [3.05, 3.63) is 29.3 Å². The second-order valence-corrected chi connectivity index (χ2v) is 5.48. The first kappa shape index (κ1) is 13.9. The van der Waals surface area contributed by atoms with Gasteiger partial charge in [0.2, 0.25) is 0 Å². The minimum Gasteiger partial charge on any atom is -0.367 e. The summed E-state index contributed by atoms with van der Waals surface area (Å²) in [5.41, 5.74) is 3.12. The van der Waals surface area contributed by atoms with Crippen molar-refractivity contribution in [2.75, 3.05) is 31.6 Å². The molecule has 1 saturated heterocycles. The molecule has 1 aliphatic heterocycles. The maximum atomic E-state index is 9.03. The molecule has 3 nitrogen and oxygen atoms in total. The van der Waals surface area contributed by atoms with Gasteiger partial charge in [0.05, 0.1) is 11.6 Å². The van der Waals surface area contributed by atoms with Gasteiger partial charge in [-0.2, -0.15) is 5.26 Å². The van der Waals surface area contributed by atoms with Crippen molar-refractivity contribution in [1.82, 2.24) is 4.90 Å². The molecule has 0 bridgehead atoms. The van der Waals surface area contributed by atoms with E-state index in [4.69, 9.17) is 5.26 Å². The fourth-order valence-corrected chi connectivity index (χ4v) is 2.88. The summed E-state index contributed by atoms with van der Waals surface area (Å²) in [6.45, 7) is 7.67. The first-order valence-corrected chi connectivity index (χ1v) is 7.11. The molecule has 1 aliphatic rings. The van der Waals surface area contributed by atoms with E-state index in [2.05, 4.69) is 42.0 Å². The Morgan fingerprint density at radius 3 is 2.79 bits per heavy atom. The number of hydrogen-bond acceptors (Lipinski definition) is 3. The summed E-state index contributed by atoms with van der Waals surface area (Å²) < 4.78 is 0. The number of aryl methyl sites for hydroxylation is 1. The molecule has 0 aromatic heterocycles. The standard InChI is InChI=1S/C16H23N3/c1-4-15-12-18(3)8-5-9-19(15)16-7-6-14(11-17)13(2)10-16/h6-7,10,15H,4-5,8-9,12H2,1-3H3. The van der Waals surface area contributed by atoms with E-state index in [0.29, 0.717) is 6.04 Å². The Morgan fingerprint density at radius 2 is 2.16 bits per heavy atom. The summed E-state index contributed by atoms with van der Waals surface area (Å²) in [4.78, 5) is 4.93. The van der Waals surface area contributed by atoms with Gasteiger partial charge in [-0.15, -0.1) is 0 Å². The van der Waals surface area contributed by atoms with Crippen molar-refractivity contribution in [2.24, 2.45) is 0 Å². The number of anilines is 1. The van der Waals surface area contributed by atoms with Gasteiger partial charge >= 0.3 is 0 Å². The van der Waals surface area contributed by atoms with E-state index in [0.717, 1.165) is 30.6 Å². The Labute approximate surface area is 116 Å². The minimum atomic E-state index is 0.569. The maximum Gasteiger partial charge on any atom is 0.0994 e. The highest BCUT2D eigenvalue weighted by atomic mass is 15.2. The Morgan fingerprint density at radius 1 is 1.37 bits per heavy atom. The molecule has 1 aromatic carbocycles. The number of nitrogens with zero attached hydrogens (tertiary/aromatic N) is 3. The lowest BCUT2D eigenvalue weighted by Crippen LogP contribution is -2.39. The third-order valence-corrected chi connectivity index (χ3v) is 4.04. The van der Waals surface area contributed by atoms with Gasteiger partial charge in [0.15, 0.2) is 0 Å². The van der Waals surface area contributed by atoms with Gasteiger partial charge in [-0.25, -0.2) is 0 Å². The topological polar surface area (TPSA) is 30.3 Å². The van der Waals surface area contributed by atoms with Crippen LogP contribution >= 0.6 is 0 Å². The molecule has 0 saturated carbocycles. The van der Waals surface area contributed by atoms with Crippen LogP contribution < -0.4 is 4.90 Å². The first-order chi connectivity index (χ1) is 9.15. The number of rotatable bonds is 2. The summed E-state index contributed by atoms with van der Waals surface area (Å²) >= 11 is 0. The van der Waals surface area contributed by atoms with Crippen LogP contribution in [0.15, 0.2) is 18.2 Å². The molecular formula is C16H23N3. The van der Waals surface area contributed by atoms with E-state index in [1.165, 1.54) is 18.7 Å². The monoisotopic (exact) mass is 257 g/mol. The first-order valence-electron chi connectivity index (χ1n) is 7.11. The highest BCUT2D eigenvalue weighted by Crippen LogP contribution is 2.24. The predicted octanol–water partition coefficient (Wildman–Crippen LogP) is 2.79. The van der Waals surface area contributed by atoms with Crippen LogP contribution in [0.3, 0.4) is 0 Å². The van der Waals surface area contributed by atoms with Crippen LogP contribution in [0.25, 0.3) is 0 Å². The van der Waals surface area contributed by atoms with Crippen molar-refractivity contribution in [1.29, 1.82) is 5.26 Å². The summed E-state index contributed by atoms with van der Waals surface area (Å²) in [5.74, 6) is 0. The average Bonchev–Trinajstić information content (AvgIpc) is 2.60. The molecule has 0 radical (unpaired) electrons. The van der Waals surface area contributed by atoms with Crippen LogP contribution in [0.1, 0.15) is 30.9 Å². The summed E-state index contributed by atoms with van der Waals surface area (Å²) in [5, 5.41) is 9.03. The minimum absolute atomic E-state index is 0.569. The second-order valence-electron chi connectivity index (χ2n) is 5.48. The zero-order chi connectivity index (χ0) is 13.8. The summed E-state index contributed by atoms with van der Waals surface area (Å²) in [6.07, 6.45) is 2.36. The van der Waals surface area contributed by atoms with Gasteiger partial charge in [-0.3, -0.25) is 0 Å². The lowest BCUT2D eigenvalue weighted by molar-refractivity contribution is 0.328. The van der Waals surface area contributed by atoms with Crippen molar-refractivity contribution in [2.45, 2.75) is 32.7 Å². The molecular weight excluding hydrogens is 234 g/mol.